The molecule has 5 heteroatoms. The summed E-state index contributed by atoms with van der Waals surface area (Å²) in [5.74, 6) is -0.509. The first kappa shape index (κ1) is 19.1. The highest BCUT2D eigenvalue weighted by Gasteiger charge is 2.36. The van der Waals surface area contributed by atoms with Crippen LogP contribution in [-0.4, -0.2) is 37.7 Å². The predicted molar refractivity (Wildman–Crippen MR) is 102 cm³/mol. The molecule has 2 unspecified atom stereocenters. The van der Waals surface area contributed by atoms with Crippen LogP contribution < -0.4 is 0 Å². The molecule has 1 radical (unpaired) electrons. The van der Waals surface area contributed by atoms with E-state index in [1.807, 2.05) is 25.1 Å². The smallest absolute Gasteiger partial charge is 0.181 e. The molecule has 1 saturated heterocycles. The summed E-state index contributed by atoms with van der Waals surface area (Å²) in [4.78, 5) is 2.45. The zero-order valence-electron chi connectivity index (χ0n) is 15.0. The van der Waals surface area contributed by atoms with E-state index >= 15 is 0 Å². The Morgan fingerprint density at radius 3 is 2.62 bits per heavy atom. The molecule has 2 aromatic carbocycles. The van der Waals surface area contributed by atoms with Crippen molar-refractivity contribution in [3.8, 4) is 0 Å². The van der Waals surface area contributed by atoms with Crippen molar-refractivity contribution in [2.75, 3.05) is 13.1 Å². The van der Waals surface area contributed by atoms with Crippen molar-refractivity contribution in [1.29, 1.82) is 0 Å². The minimum atomic E-state index is -3.52. The molecule has 139 valence electrons. The lowest BCUT2D eigenvalue weighted by Crippen LogP contribution is -2.47. The van der Waals surface area contributed by atoms with Crippen LogP contribution in [0.2, 0.25) is 0 Å². The van der Waals surface area contributed by atoms with E-state index in [9.17, 15) is 12.8 Å². The van der Waals surface area contributed by atoms with Crippen molar-refractivity contribution in [3.05, 3.63) is 72.4 Å². The Labute approximate surface area is 155 Å². The quantitative estimate of drug-likeness (QED) is 0.770. The molecule has 1 aliphatic heterocycles. The van der Waals surface area contributed by atoms with Gasteiger partial charge >= 0.3 is 0 Å². The Morgan fingerprint density at radius 2 is 1.92 bits per heavy atom. The van der Waals surface area contributed by atoms with E-state index in [-0.39, 0.29) is 10.9 Å². The SMILES string of the molecule is C[CH]CN1CCC(S(=O)(=O)c2cccc(F)c2)CC1Cc1ccccc1. The fourth-order valence-electron chi connectivity index (χ4n) is 3.75. The Balaban J connectivity index is 1.81. The molecule has 0 bridgehead atoms. The van der Waals surface area contributed by atoms with Crippen LogP contribution in [0.1, 0.15) is 25.3 Å². The zero-order chi connectivity index (χ0) is 18.6. The molecule has 2 atom stereocenters. The van der Waals surface area contributed by atoms with Gasteiger partial charge in [0.15, 0.2) is 9.84 Å². The standard InChI is InChI=1S/C21H25FNO2S/c1-2-12-23-13-11-21(16-19(23)14-17-7-4-3-5-8-17)26(24,25)20-10-6-9-18(22)15-20/h2-10,15,19,21H,11-14,16H2,1H3. The van der Waals surface area contributed by atoms with Crippen molar-refractivity contribution in [1.82, 2.24) is 4.90 Å². The molecule has 0 saturated carbocycles. The first-order valence-electron chi connectivity index (χ1n) is 9.06. The number of hydrogen-bond acceptors (Lipinski definition) is 3. The maximum atomic E-state index is 13.5. The maximum absolute atomic E-state index is 13.5. The number of sulfone groups is 1. The summed E-state index contributed by atoms with van der Waals surface area (Å²) in [6, 6.07) is 15.7. The van der Waals surface area contributed by atoms with Gasteiger partial charge in [-0.25, -0.2) is 12.8 Å². The van der Waals surface area contributed by atoms with Gasteiger partial charge in [0.25, 0.3) is 0 Å². The Hall–Kier alpha value is -1.72. The summed E-state index contributed by atoms with van der Waals surface area (Å²) in [6.07, 6.45) is 4.09. The minimum absolute atomic E-state index is 0.0939. The van der Waals surface area contributed by atoms with Gasteiger partial charge in [-0.2, -0.15) is 0 Å². The summed E-state index contributed by atoms with van der Waals surface area (Å²) >= 11 is 0. The van der Waals surface area contributed by atoms with Crippen LogP contribution in [0.3, 0.4) is 0 Å². The van der Waals surface area contributed by atoms with Crippen molar-refractivity contribution < 1.29 is 12.8 Å². The molecule has 0 aliphatic carbocycles. The topological polar surface area (TPSA) is 37.4 Å². The van der Waals surface area contributed by atoms with Crippen LogP contribution in [-0.2, 0) is 16.3 Å². The van der Waals surface area contributed by atoms with Crippen LogP contribution in [0.15, 0.2) is 59.5 Å². The average Bonchev–Trinajstić information content (AvgIpc) is 2.64. The minimum Gasteiger partial charge on any atom is -0.300 e. The van der Waals surface area contributed by atoms with Gasteiger partial charge in [0.2, 0.25) is 0 Å². The van der Waals surface area contributed by atoms with Gasteiger partial charge in [-0.15, -0.1) is 0 Å². The number of benzene rings is 2. The average molecular weight is 375 g/mol. The van der Waals surface area contributed by atoms with Gasteiger partial charge in [-0.1, -0.05) is 43.3 Å². The molecule has 0 aromatic heterocycles. The van der Waals surface area contributed by atoms with E-state index in [2.05, 4.69) is 23.5 Å². The van der Waals surface area contributed by atoms with Gasteiger partial charge in [-0.05, 0) is 56.0 Å². The molecule has 1 fully saturated rings. The number of hydrogen-bond donors (Lipinski definition) is 0. The summed E-state index contributed by atoms with van der Waals surface area (Å²) in [6.45, 7) is 3.61. The Morgan fingerprint density at radius 1 is 1.15 bits per heavy atom. The van der Waals surface area contributed by atoms with E-state index in [1.165, 1.54) is 23.8 Å². The zero-order valence-corrected chi connectivity index (χ0v) is 15.8. The second kappa shape index (κ2) is 8.31. The molecule has 3 rings (SSSR count). The summed E-state index contributed by atoms with van der Waals surface area (Å²) < 4.78 is 39.5. The van der Waals surface area contributed by atoms with E-state index < -0.39 is 20.9 Å². The van der Waals surface area contributed by atoms with E-state index in [1.54, 1.807) is 0 Å². The summed E-state index contributed by atoms with van der Waals surface area (Å²) in [5, 5.41) is -0.467. The first-order valence-corrected chi connectivity index (χ1v) is 10.6. The molecule has 0 spiro atoms. The highest BCUT2D eigenvalue weighted by molar-refractivity contribution is 7.92. The molecule has 1 heterocycles. The van der Waals surface area contributed by atoms with Gasteiger partial charge in [0, 0.05) is 12.6 Å². The Bertz CT molecular complexity index is 823. The lowest BCUT2D eigenvalue weighted by molar-refractivity contribution is 0.161. The molecule has 0 N–H and O–H groups in total. The highest BCUT2D eigenvalue weighted by Crippen LogP contribution is 2.29. The van der Waals surface area contributed by atoms with Crippen molar-refractivity contribution in [2.45, 2.75) is 42.4 Å². The lowest BCUT2D eigenvalue weighted by atomic mass is 9.95. The predicted octanol–water partition coefficient (Wildman–Crippen LogP) is 3.90. The van der Waals surface area contributed by atoms with Gasteiger partial charge in [0.1, 0.15) is 5.82 Å². The summed E-state index contributed by atoms with van der Waals surface area (Å²) in [7, 11) is -3.52. The van der Waals surface area contributed by atoms with Gasteiger partial charge < -0.3 is 0 Å². The number of nitrogens with zero attached hydrogens (tertiary/aromatic N) is 1. The second-order valence-corrected chi connectivity index (χ2v) is 9.12. The Kier molecular flexibility index (Phi) is 6.09. The monoisotopic (exact) mass is 374 g/mol. The molecule has 2 aromatic rings. The van der Waals surface area contributed by atoms with Crippen LogP contribution in [0, 0.1) is 12.2 Å². The van der Waals surface area contributed by atoms with Crippen LogP contribution in [0.25, 0.3) is 0 Å². The number of piperidine rings is 1. The number of rotatable bonds is 6. The van der Waals surface area contributed by atoms with E-state index in [0.29, 0.717) is 12.8 Å². The van der Waals surface area contributed by atoms with E-state index in [0.717, 1.165) is 25.6 Å². The fourth-order valence-corrected chi connectivity index (χ4v) is 5.58. The van der Waals surface area contributed by atoms with Gasteiger partial charge in [-0.3, -0.25) is 4.90 Å². The molecule has 26 heavy (non-hydrogen) atoms. The number of halogens is 1. The molecular weight excluding hydrogens is 349 g/mol. The maximum Gasteiger partial charge on any atom is 0.181 e. The second-order valence-electron chi connectivity index (χ2n) is 6.90. The van der Waals surface area contributed by atoms with Crippen LogP contribution >= 0.6 is 0 Å². The molecule has 1 aliphatic rings. The number of likely N-dealkylation sites (tertiary alicyclic amines) is 1. The lowest BCUT2D eigenvalue weighted by Gasteiger charge is -2.39. The molecule has 3 nitrogen and oxygen atoms in total. The van der Waals surface area contributed by atoms with Crippen molar-refractivity contribution in [3.63, 3.8) is 0 Å². The normalized spacial score (nSPS) is 21.6. The third-order valence-corrected chi connectivity index (χ3v) is 7.30. The molecular formula is C21H25FNO2S. The third kappa shape index (κ3) is 4.33. The fraction of sp³-hybridized carbons (Fsp3) is 0.381. The van der Waals surface area contributed by atoms with Crippen LogP contribution in [0.4, 0.5) is 4.39 Å². The summed E-state index contributed by atoms with van der Waals surface area (Å²) in [5.41, 5.74) is 1.21. The van der Waals surface area contributed by atoms with Gasteiger partial charge in [0.05, 0.1) is 10.1 Å². The van der Waals surface area contributed by atoms with Crippen molar-refractivity contribution >= 4 is 9.84 Å². The largest absolute Gasteiger partial charge is 0.300 e. The highest BCUT2D eigenvalue weighted by atomic mass is 32.2. The van der Waals surface area contributed by atoms with Crippen molar-refractivity contribution in [2.24, 2.45) is 0 Å². The van der Waals surface area contributed by atoms with E-state index in [4.69, 9.17) is 0 Å². The van der Waals surface area contributed by atoms with Crippen LogP contribution in [0.5, 0.6) is 0 Å². The third-order valence-electron chi connectivity index (χ3n) is 5.08. The first-order chi connectivity index (χ1) is 12.5. The molecule has 0 amide bonds.